The normalized spacial score (nSPS) is 10.8. The van der Waals surface area contributed by atoms with Gasteiger partial charge in [-0.25, -0.2) is 0 Å². The third-order valence-corrected chi connectivity index (χ3v) is 5.90. The number of aliphatic carboxylic acids is 2. The summed E-state index contributed by atoms with van der Waals surface area (Å²) in [4.78, 5) is 21.8. The predicted octanol–water partition coefficient (Wildman–Crippen LogP) is 6.97. The van der Waals surface area contributed by atoms with Crippen LogP contribution in [0.2, 0.25) is 0 Å². The second-order valence-corrected chi connectivity index (χ2v) is 8.50. The van der Waals surface area contributed by atoms with Crippen molar-refractivity contribution in [1.29, 1.82) is 0 Å². The van der Waals surface area contributed by atoms with Crippen molar-refractivity contribution in [3.63, 3.8) is 0 Å². The molecule has 172 valence electrons. The Labute approximate surface area is 188 Å². The van der Waals surface area contributed by atoms with Crippen LogP contribution in [0.5, 0.6) is 0 Å². The summed E-state index contributed by atoms with van der Waals surface area (Å²) in [6.45, 7) is 0. The standard InChI is InChI=1S/C27H40O4/c1-2-3-4-5-6-7-8-9-10-11-16-23-17-12-13-20-25(23)24(18-14-21-26(28)29)19-15-22-27(30)31/h1,12-13,17,20,24H,3-11,14-16,18-19,21-22H2,(H,28,29)(H,30,31). The zero-order valence-electron chi connectivity index (χ0n) is 19.0. The molecule has 0 aliphatic rings. The number of unbranched alkanes of at least 4 members (excludes halogenated alkanes) is 8. The largest absolute Gasteiger partial charge is 0.481 e. The maximum atomic E-state index is 10.9. The summed E-state index contributed by atoms with van der Waals surface area (Å²) in [6, 6.07) is 8.45. The third kappa shape index (κ3) is 13.6. The van der Waals surface area contributed by atoms with Crippen molar-refractivity contribution in [2.75, 3.05) is 0 Å². The summed E-state index contributed by atoms with van der Waals surface area (Å²) in [6.07, 6.45) is 20.3. The van der Waals surface area contributed by atoms with E-state index in [9.17, 15) is 9.59 Å². The number of hydrogen-bond donors (Lipinski definition) is 2. The van der Waals surface area contributed by atoms with E-state index in [-0.39, 0.29) is 18.8 Å². The average Bonchev–Trinajstić information content (AvgIpc) is 2.74. The second-order valence-electron chi connectivity index (χ2n) is 8.50. The molecule has 0 spiro atoms. The second kappa shape index (κ2) is 17.4. The van der Waals surface area contributed by atoms with Gasteiger partial charge in [-0.05, 0) is 62.0 Å². The minimum atomic E-state index is -0.770. The Morgan fingerprint density at radius 3 is 1.84 bits per heavy atom. The van der Waals surface area contributed by atoms with E-state index < -0.39 is 11.9 Å². The zero-order valence-corrected chi connectivity index (χ0v) is 19.0. The van der Waals surface area contributed by atoms with E-state index in [1.165, 1.54) is 49.7 Å². The van der Waals surface area contributed by atoms with Gasteiger partial charge in [0.05, 0.1) is 0 Å². The van der Waals surface area contributed by atoms with Crippen molar-refractivity contribution in [2.24, 2.45) is 0 Å². The topological polar surface area (TPSA) is 74.6 Å². The van der Waals surface area contributed by atoms with Gasteiger partial charge in [0.25, 0.3) is 0 Å². The van der Waals surface area contributed by atoms with Crippen molar-refractivity contribution < 1.29 is 19.8 Å². The molecule has 1 aromatic rings. The van der Waals surface area contributed by atoms with Gasteiger partial charge in [0, 0.05) is 19.3 Å². The molecule has 0 amide bonds. The summed E-state index contributed by atoms with van der Waals surface area (Å²) >= 11 is 0. The maximum absolute atomic E-state index is 10.9. The lowest BCUT2D eigenvalue weighted by Gasteiger charge is -2.20. The monoisotopic (exact) mass is 428 g/mol. The Balaban J connectivity index is 2.49. The predicted molar refractivity (Wildman–Crippen MR) is 126 cm³/mol. The molecule has 2 N–H and O–H groups in total. The third-order valence-electron chi connectivity index (χ3n) is 5.90. The van der Waals surface area contributed by atoms with Crippen LogP contribution in [0.3, 0.4) is 0 Å². The van der Waals surface area contributed by atoms with E-state index in [0.29, 0.717) is 12.8 Å². The van der Waals surface area contributed by atoms with Crippen LogP contribution in [-0.4, -0.2) is 22.2 Å². The van der Waals surface area contributed by atoms with Gasteiger partial charge in [0.15, 0.2) is 0 Å². The lowest BCUT2D eigenvalue weighted by molar-refractivity contribution is -0.138. The first-order valence-corrected chi connectivity index (χ1v) is 12.0. The van der Waals surface area contributed by atoms with Crippen molar-refractivity contribution in [2.45, 2.75) is 109 Å². The summed E-state index contributed by atoms with van der Waals surface area (Å²) in [7, 11) is 0. The van der Waals surface area contributed by atoms with Crippen LogP contribution in [-0.2, 0) is 16.0 Å². The molecule has 0 atom stereocenters. The molecule has 31 heavy (non-hydrogen) atoms. The van der Waals surface area contributed by atoms with Gasteiger partial charge < -0.3 is 10.2 Å². The molecule has 4 nitrogen and oxygen atoms in total. The minimum absolute atomic E-state index is 0.167. The minimum Gasteiger partial charge on any atom is -0.481 e. The number of carboxylic acids is 2. The first-order valence-electron chi connectivity index (χ1n) is 12.0. The Bertz CT molecular complexity index is 654. The molecule has 0 heterocycles. The summed E-state index contributed by atoms with van der Waals surface area (Å²) in [5.41, 5.74) is 2.62. The van der Waals surface area contributed by atoms with Gasteiger partial charge >= 0.3 is 11.9 Å². The lowest BCUT2D eigenvalue weighted by atomic mass is 9.84. The number of aryl methyl sites for hydroxylation is 1. The number of carbonyl (C=O) groups is 2. The number of terminal acetylenes is 1. The molecule has 0 aliphatic heterocycles. The molecule has 0 radical (unpaired) electrons. The van der Waals surface area contributed by atoms with Gasteiger partial charge in [0.2, 0.25) is 0 Å². The van der Waals surface area contributed by atoms with Gasteiger partial charge in [-0.1, -0.05) is 62.8 Å². The molecular weight excluding hydrogens is 388 g/mol. The fourth-order valence-electron chi connectivity index (χ4n) is 4.22. The highest BCUT2D eigenvalue weighted by Crippen LogP contribution is 2.31. The lowest BCUT2D eigenvalue weighted by Crippen LogP contribution is -2.06. The molecule has 0 unspecified atom stereocenters. The molecule has 0 aliphatic carbocycles. The van der Waals surface area contributed by atoms with Crippen LogP contribution in [0.25, 0.3) is 0 Å². The molecule has 0 saturated carbocycles. The zero-order chi connectivity index (χ0) is 22.7. The summed E-state index contributed by atoms with van der Waals surface area (Å²) in [5.74, 6) is 1.39. The van der Waals surface area contributed by atoms with Crippen LogP contribution in [0.4, 0.5) is 0 Å². The van der Waals surface area contributed by atoms with E-state index in [4.69, 9.17) is 16.6 Å². The molecule has 0 fully saturated rings. The van der Waals surface area contributed by atoms with Crippen molar-refractivity contribution in [1.82, 2.24) is 0 Å². The van der Waals surface area contributed by atoms with E-state index in [2.05, 4.69) is 24.1 Å². The highest BCUT2D eigenvalue weighted by Gasteiger charge is 2.16. The SMILES string of the molecule is C#CCCCCCCCCCCc1ccccc1C(CCCC(=O)O)CCCC(=O)O. The van der Waals surface area contributed by atoms with Crippen LogP contribution >= 0.6 is 0 Å². The van der Waals surface area contributed by atoms with Crippen LogP contribution in [0.15, 0.2) is 24.3 Å². The van der Waals surface area contributed by atoms with Crippen molar-refractivity contribution in [3.8, 4) is 12.3 Å². The highest BCUT2D eigenvalue weighted by atomic mass is 16.4. The van der Waals surface area contributed by atoms with E-state index >= 15 is 0 Å². The smallest absolute Gasteiger partial charge is 0.303 e. The average molecular weight is 429 g/mol. The first kappa shape index (κ1) is 26.8. The molecule has 0 saturated heterocycles. The van der Waals surface area contributed by atoms with Crippen LogP contribution < -0.4 is 0 Å². The summed E-state index contributed by atoms with van der Waals surface area (Å²) in [5, 5.41) is 17.9. The Kier molecular flexibility index (Phi) is 15.0. The molecule has 1 aromatic carbocycles. The number of rotatable bonds is 19. The highest BCUT2D eigenvalue weighted by molar-refractivity contribution is 5.66. The maximum Gasteiger partial charge on any atom is 0.303 e. The Morgan fingerprint density at radius 1 is 0.774 bits per heavy atom. The quantitative estimate of drug-likeness (QED) is 0.184. The molecule has 4 heteroatoms. The first-order chi connectivity index (χ1) is 15.0. The molecule has 0 bridgehead atoms. The van der Waals surface area contributed by atoms with Gasteiger partial charge in [-0.3, -0.25) is 9.59 Å². The number of carboxylic acid groups (broad SMARTS) is 2. The van der Waals surface area contributed by atoms with Crippen molar-refractivity contribution >= 4 is 11.9 Å². The van der Waals surface area contributed by atoms with Gasteiger partial charge in [-0.15, -0.1) is 12.3 Å². The van der Waals surface area contributed by atoms with E-state index in [0.717, 1.165) is 38.5 Å². The number of benzene rings is 1. The van der Waals surface area contributed by atoms with Crippen LogP contribution in [0.1, 0.15) is 113 Å². The number of hydrogen-bond acceptors (Lipinski definition) is 2. The fourth-order valence-corrected chi connectivity index (χ4v) is 4.22. The van der Waals surface area contributed by atoms with Crippen molar-refractivity contribution in [3.05, 3.63) is 35.4 Å². The fraction of sp³-hybridized carbons (Fsp3) is 0.630. The summed E-state index contributed by atoms with van der Waals surface area (Å²) < 4.78 is 0. The van der Waals surface area contributed by atoms with Gasteiger partial charge in [0.1, 0.15) is 0 Å². The van der Waals surface area contributed by atoms with E-state index in [1.807, 2.05) is 6.07 Å². The molecule has 1 rings (SSSR count). The molecular formula is C27H40O4. The van der Waals surface area contributed by atoms with Gasteiger partial charge in [-0.2, -0.15) is 0 Å². The van der Waals surface area contributed by atoms with E-state index in [1.54, 1.807) is 0 Å². The Hall–Kier alpha value is -2.28. The molecule has 0 aromatic heterocycles. The van der Waals surface area contributed by atoms with Crippen LogP contribution in [0, 0.1) is 12.3 Å². The Morgan fingerprint density at radius 2 is 1.29 bits per heavy atom.